The second kappa shape index (κ2) is 8.06. The minimum absolute atomic E-state index is 0.100. The summed E-state index contributed by atoms with van der Waals surface area (Å²) in [7, 11) is 0. The summed E-state index contributed by atoms with van der Waals surface area (Å²) in [5.74, 6) is -0.246. The molecule has 1 aromatic heterocycles. The third kappa shape index (κ3) is 4.00. The van der Waals surface area contributed by atoms with Crippen molar-refractivity contribution in [2.24, 2.45) is 5.41 Å². The van der Waals surface area contributed by atoms with E-state index in [1.807, 2.05) is 12.1 Å². The molecule has 0 saturated carbocycles. The number of aliphatic hydroxyl groups excluding tert-OH is 1. The molecular formula is C18H25N3O3. The van der Waals surface area contributed by atoms with E-state index in [0.717, 1.165) is 18.2 Å². The zero-order valence-electron chi connectivity index (χ0n) is 14.3. The quantitative estimate of drug-likeness (QED) is 0.771. The summed E-state index contributed by atoms with van der Waals surface area (Å²) >= 11 is 0. The average molecular weight is 331 g/mol. The topological polar surface area (TPSA) is 84.2 Å². The molecule has 2 N–H and O–H groups in total. The number of carbonyl (C=O) groups excluding carboxylic acids is 1. The Labute approximate surface area is 141 Å². The fourth-order valence-corrected chi connectivity index (χ4v) is 2.90. The smallest absolute Gasteiger partial charge is 0.275 e. The maximum atomic E-state index is 12.4. The molecular weight excluding hydrogens is 306 g/mol. The van der Waals surface area contributed by atoms with Gasteiger partial charge in [-0.2, -0.15) is 5.10 Å². The Hall–Kier alpha value is -2.21. The van der Waals surface area contributed by atoms with Gasteiger partial charge in [0, 0.05) is 18.5 Å². The van der Waals surface area contributed by atoms with Gasteiger partial charge in [0.15, 0.2) is 0 Å². The second-order valence-corrected chi connectivity index (χ2v) is 6.15. The maximum Gasteiger partial charge on any atom is 0.275 e. The molecule has 1 heterocycles. The van der Waals surface area contributed by atoms with Crippen LogP contribution in [0.5, 0.6) is 0 Å². The fourth-order valence-electron chi connectivity index (χ4n) is 2.90. The first-order valence-corrected chi connectivity index (χ1v) is 8.37. The molecule has 0 aliphatic carbocycles. The number of rotatable bonds is 8. The molecule has 0 fully saturated rings. The molecule has 0 aliphatic rings. The van der Waals surface area contributed by atoms with Gasteiger partial charge < -0.3 is 10.4 Å². The molecule has 6 heteroatoms. The third-order valence-electron chi connectivity index (χ3n) is 4.86. The highest BCUT2D eigenvalue weighted by Gasteiger charge is 2.26. The van der Waals surface area contributed by atoms with E-state index in [1.165, 1.54) is 4.68 Å². The number of hydrogen-bond acceptors (Lipinski definition) is 4. The SMILES string of the molecule is CCC(CC)(CCO)CNC(=O)Cn1ncc2ccccc2c1=O. The number of carbonyl (C=O) groups is 1. The molecule has 0 bridgehead atoms. The summed E-state index contributed by atoms with van der Waals surface area (Å²) in [6.45, 7) is 4.60. The van der Waals surface area contributed by atoms with E-state index in [1.54, 1.807) is 18.3 Å². The number of aliphatic hydroxyl groups is 1. The summed E-state index contributed by atoms with van der Waals surface area (Å²) in [5.41, 5.74) is -0.373. The lowest BCUT2D eigenvalue weighted by Crippen LogP contribution is -2.40. The van der Waals surface area contributed by atoms with Crippen molar-refractivity contribution < 1.29 is 9.90 Å². The van der Waals surface area contributed by atoms with E-state index in [9.17, 15) is 14.7 Å². The number of nitrogens with one attached hydrogen (secondary N) is 1. The van der Waals surface area contributed by atoms with Crippen LogP contribution in [0.2, 0.25) is 0 Å². The molecule has 0 radical (unpaired) electrons. The Bertz CT molecular complexity index is 751. The molecule has 0 aliphatic heterocycles. The first-order valence-electron chi connectivity index (χ1n) is 8.37. The minimum atomic E-state index is -0.268. The van der Waals surface area contributed by atoms with Gasteiger partial charge in [-0.1, -0.05) is 32.0 Å². The van der Waals surface area contributed by atoms with Gasteiger partial charge in [-0.05, 0) is 30.7 Å². The van der Waals surface area contributed by atoms with Crippen molar-refractivity contribution in [3.05, 3.63) is 40.8 Å². The van der Waals surface area contributed by atoms with Gasteiger partial charge in [-0.25, -0.2) is 4.68 Å². The van der Waals surface area contributed by atoms with Gasteiger partial charge in [-0.3, -0.25) is 9.59 Å². The molecule has 0 unspecified atom stereocenters. The Morgan fingerprint density at radius 1 is 1.29 bits per heavy atom. The van der Waals surface area contributed by atoms with Crippen LogP contribution in [0.25, 0.3) is 10.8 Å². The Morgan fingerprint density at radius 2 is 2.00 bits per heavy atom. The molecule has 1 aromatic carbocycles. The van der Waals surface area contributed by atoms with E-state index >= 15 is 0 Å². The molecule has 6 nitrogen and oxygen atoms in total. The first-order chi connectivity index (χ1) is 11.5. The van der Waals surface area contributed by atoms with Crippen molar-refractivity contribution in [3.8, 4) is 0 Å². The molecule has 0 saturated heterocycles. The van der Waals surface area contributed by atoms with Crippen molar-refractivity contribution in [2.45, 2.75) is 39.7 Å². The van der Waals surface area contributed by atoms with Gasteiger partial charge in [-0.15, -0.1) is 0 Å². The summed E-state index contributed by atoms with van der Waals surface area (Å²) < 4.78 is 1.18. The zero-order valence-corrected chi connectivity index (χ0v) is 14.3. The lowest BCUT2D eigenvalue weighted by Gasteiger charge is -2.31. The van der Waals surface area contributed by atoms with Crippen LogP contribution in [0.15, 0.2) is 35.3 Å². The fraction of sp³-hybridized carbons (Fsp3) is 0.500. The number of nitrogens with zero attached hydrogens (tertiary/aromatic N) is 2. The number of fused-ring (bicyclic) bond motifs is 1. The predicted octanol–water partition coefficient (Wildman–Crippen LogP) is 1.70. The van der Waals surface area contributed by atoms with Crippen LogP contribution in [0.3, 0.4) is 0 Å². The van der Waals surface area contributed by atoms with Crippen molar-refractivity contribution in [2.75, 3.05) is 13.2 Å². The molecule has 130 valence electrons. The minimum Gasteiger partial charge on any atom is -0.396 e. The van der Waals surface area contributed by atoms with Crippen LogP contribution < -0.4 is 10.9 Å². The standard InChI is InChI=1S/C18H25N3O3/c1-3-18(4-2,9-10-22)13-19-16(23)12-21-17(24)15-8-6-5-7-14(15)11-20-21/h5-8,11,22H,3-4,9-10,12-13H2,1-2H3,(H,19,23). The van der Waals surface area contributed by atoms with Crippen molar-refractivity contribution >= 4 is 16.7 Å². The Balaban J connectivity index is 2.07. The Kier molecular flexibility index (Phi) is 6.09. The van der Waals surface area contributed by atoms with Crippen LogP contribution in [0.4, 0.5) is 0 Å². The molecule has 24 heavy (non-hydrogen) atoms. The monoisotopic (exact) mass is 331 g/mol. The second-order valence-electron chi connectivity index (χ2n) is 6.15. The molecule has 2 rings (SSSR count). The lowest BCUT2D eigenvalue weighted by atomic mass is 9.79. The molecule has 0 spiro atoms. The van der Waals surface area contributed by atoms with Gasteiger partial charge in [0.2, 0.25) is 5.91 Å². The first kappa shape index (κ1) is 18.1. The number of benzene rings is 1. The van der Waals surface area contributed by atoms with Crippen LogP contribution >= 0.6 is 0 Å². The Morgan fingerprint density at radius 3 is 2.67 bits per heavy atom. The summed E-state index contributed by atoms with van der Waals surface area (Å²) in [4.78, 5) is 24.6. The van der Waals surface area contributed by atoms with E-state index in [2.05, 4.69) is 24.3 Å². The van der Waals surface area contributed by atoms with Crippen LogP contribution in [-0.2, 0) is 11.3 Å². The molecule has 1 amide bonds. The summed E-state index contributed by atoms with van der Waals surface area (Å²) in [6, 6.07) is 7.19. The zero-order chi connectivity index (χ0) is 17.6. The van der Waals surface area contributed by atoms with Crippen molar-refractivity contribution in [1.82, 2.24) is 15.1 Å². The lowest BCUT2D eigenvalue weighted by molar-refractivity contribution is -0.122. The average Bonchev–Trinajstić information content (AvgIpc) is 2.61. The highest BCUT2D eigenvalue weighted by atomic mass is 16.3. The predicted molar refractivity (Wildman–Crippen MR) is 93.7 cm³/mol. The van der Waals surface area contributed by atoms with Gasteiger partial charge in [0.1, 0.15) is 6.54 Å². The highest BCUT2D eigenvalue weighted by Crippen LogP contribution is 2.29. The van der Waals surface area contributed by atoms with E-state index < -0.39 is 0 Å². The number of amides is 1. The summed E-state index contributed by atoms with van der Waals surface area (Å²) in [6.07, 6.45) is 3.99. The van der Waals surface area contributed by atoms with Crippen molar-refractivity contribution in [3.63, 3.8) is 0 Å². The van der Waals surface area contributed by atoms with Crippen LogP contribution in [0, 0.1) is 5.41 Å². The number of hydrogen-bond donors (Lipinski definition) is 2. The van der Waals surface area contributed by atoms with E-state index in [-0.39, 0.29) is 30.0 Å². The maximum absolute atomic E-state index is 12.4. The van der Waals surface area contributed by atoms with Crippen molar-refractivity contribution in [1.29, 1.82) is 0 Å². The van der Waals surface area contributed by atoms with Gasteiger partial charge in [0.05, 0.1) is 11.6 Å². The third-order valence-corrected chi connectivity index (χ3v) is 4.86. The normalized spacial score (nSPS) is 11.6. The van der Waals surface area contributed by atoms with Crippen LogP contribution in [-0.4, -0.2) is 33.9 Å². The summed E-state index contributed by atoms with van der Waals surface area (Å²) in [5, 5.41) is 17.5. The highest BCUT2D eigenvalue weighted by molar-refractivity contribution is 5.81. The van der Waals surface area contributed by atoms with Crippen LogP contribution in [0.1, 0.15) is 33.1 Å². The van der Waals surface area contributed by atoms with Gasteiger partial charge >= 0.3 is 0 Å². The van der Waals surface area contributed by atoms with E-state index in [0.29, 0.717) is 18.4 Å². The van der Waals surface area contributed by atoms with Gasteiger partial charge in [0.25, 0.3) is 5.56 Å². The molecule has 2 aromatic rings. The van der Waals surface area contributed by atoms with E-state index in [4.69, 9.17) is 0 Å². The largest absolute Gasteiger partial charge is 0.396 e. The molecule has 0 atom stereocenters. The number of aromatic nitrogens is 2.